The van der Waals surface area contributed by atoms with E-state index < -0.39 is 43.9 Å². The monoisotopic (exact) mass is 552 g/mol. The molecule has 0 aliphatic rings. The first-order chi connectivity index (χ1) is 13.4. The summed E-state index contributed by atoms with van der Waals surface area (Å²) in [4.78, 5) is 0. The molecule has 9 heteroatoms. The van der Waals surface area contributed by atoms with Gasteiger partial charge in [0.1, 0.15) is 0 Å². The summed E-state index contributed by atoms with van der Waals surface area (Å²) in [5.41, 5.74) is -5.46. The molecule has 0 N–H and O–H groups in total. The minimum atomic E-state index is -5.72. The number of alkyl halides is 3. The van der Waals surface area contributed by atoms with E-state index in [0.29, 0.717) is 7.14 Å². The Kier molecular flexibility index (Phi) is 6.15. The van der Waals surface area contributed by atoms with E-state index in [9.17, 15) is 21.6 Å². The molecule has 0 atom stereocenters. The van der Waals surface area contributed by atoms with Gasteiger partial charge in [-0.2, -0.15) is 0 Å². The van der Waals surface area contributed by atoms with Gasteiger partial charge in [0.25, 0.3) is 0 Å². The normalized spacial score (nSPS) is 13.5. The summed E-state index contributed by atoms with van der Waals surface area (Å²) >= 11 is -3.43. The number of halogens is 4. The summed E-state index contributed by atoms with van der Waals surface area (Å²) < 4.78 is 69.4. The van der Waals surface area contributed by atoms with Gasteiger partial charge in [0.05, 0.1) is 0 Å². The Morgan fingerprint density at radius 1 is 0.862 bits per heavy atom. The maximum atomic E-state index is 13.1. The molecule has 0 bridgehead atoms. The van der Waals surface area contributed by atoms with Gasteiger partial charge in [0.15, 0.2) is 0 Å². The van der Waals surface area contributed by atoms with Crippen LogP contribution in [-0.4, -0.2) is 22.0 Å². The molecule has 0 saturated heterocycles. The van der Waals surface area contributed by atoms with Crippen molar-refractivity contribution in [2.24, 2.45) is 0 Å². The fourth-order valence-corrected chi connectivity index (χ4v) is 13.8. The second-order valence-corrected chi connectivity index (χ2v) is 18.9. The summed E-state index contributed by atoms with van der Waals surface area (Å²) in [5, 5.41) is 2.73. The van der Waals surface area contributed by atoms with Gasteiger partial charge < -0.3 is 0 Å². The Morgan fingerprint density at radius 3 is 1.90 bits per heavy atom. The number of fused-ring (bicyclic) bond motifs is 1. The van der Waals surface area contributed by atoms with E-state index in [-0.39, 0.29) is 0 Å². The fourth-order valence-electron chi connectivity index (χ4n) is 2.76. The van der Waals surface area contributed by atoms with E-state index in [0.717, 1.165) is 16.0 Å². The van der Waals surface area contributed by atoms with E-state index in [1.54, 1.807) is 30.3 Å². The average Bonchev–Trinajstić information content (AvgIpc) is 2.64. The van der Waals surface area contributed by atoms with Crippen molar-refractivity contribution in [3.63, 3.8) is 0 Å². The maximum absolute atomic E-state index is 13.1. The Labute approximate surface area is 177 Å². The van der Waals surface area contributed by atoms with Crippen LogP contribution in [0.4, 0.5) is 13.2 Å². The summed E-state index contributed by atoms with van der Waals surface area (Å²) in [6.07, 6.45) is 0. The van der Waals surface area contributed by atoms with Crippen LogP contribution in [0.25, 0.3) is 10.8 Å². The van der Waals surface area contributed by atoms with Crippen LogP contribution in [0.3, 0.4) is 0 Å². The van der Waals surface area contributed by atoms with Crippen molar-refractivity contribution < 1.29 is 24.1 Å². The van der Waals surface area contributed by atoms with Crippen molar-refractivity contribution in [3.8, 4) is 0 Å². The topological polar surface area (TPSA) is 43.4 Å². The predicted molar refractivity (Wildman–Crippen MR) is 121 cm³/mol. The van der Waals surface area contributed by atoms with Crippen LogP contribution < -0.4 is 5.19 Å². The number of rotatable bonds is 5. The number of benzene rings is 3. The van der Waals surface area contributed by atoms with Gasteiger partial charge in [-0.15, -0.1) is 0 Å². The molecule has 3 aromatic rings. The van der Waals surface area contributed by atoms with E-state index in [4.69, 9.17) is 2.51 Å². The molecule has 3 rings (SSSR count). The first-order valence-corrected chi connectivity index (χ1v) is 16.6. The zero-order valence-corrected chi connectivity index (χ0v) is 20.0. The molecule has 0 aliphatic carbocycles. The van der Waals surface area contributed by atoms with Gasteiger partial charge in [-0.05, 0) is 0 Å². The third-order valence-corrected chi connectivity index (χ3v) is 13.9. The number of hydrogen-bond donors (Lipinski definition) is 0. The quantitative estimate of drug-likeness (QED) is 0.231. The Hall–Kier alpha value is -1.43. The predicted octanol–water partition coefficient (Wildman–Crippen LogP) is 5.71. The van der Waals surface area contributed by atoms with Crippen molar-refractivity contribution in [2.45, 2.75) is 25.1 Å². The molecule has 0 aromatic heterocycles. The first-order valence-electron chi connectivity index (χ1n) is 8.70. The molecule has 0 spiro atoms. The van der Waals surface area contributed by atoms with Crippen LogP contribution in [0.5, 0.6) is 0 Å². The third kappa shape index (κ3) is 4.84. The molecule has 0 fully saturated rings. The SMILES string of the molecule is C[Si](C)(C)c1cc2ccccc2cc1I(OS(=O)(=O)C(F)(F)F)c1ccccc1. The van der Waals surface area contributed by atoms with Crippen molar-refractivity contribution in [1.82, 2.24) is 0 Å². The number of hydrogen-bond acceptors (Lipinski definition) is 3. The molecule has 0 aliphatic heterocycles. The van der Waals surface area contributed by atoms with E-state index in [2.05, 4.69) is 19.6 Å². The van der Waals surface area contributed by atoms with Crippen LogP contribution in [0.2, 0.25) is 19.6 Å². The van der Waals surface area contributed by atoms with Crippen LogP contribution in [0.15, 0.2) is 66.7 Å². The van der Waals surface area contributed by atoms with Crippen molar-refractivity contribution in [2.75, 3.05) is 0 Å². The van der Waals surface area contributed by atoms with Gasteiger partial charge in [0, 0.05) is 0 Å². The van der Waals surface area contributed by atoms with Crippen LogP contribution in [-0.2, 0) is 12.6 Å². The third-order valence-electron chi connectivity index (χ3n) is 4.19. The molecule has 0 amide bonds. The molecular weight excluding hydrogens is 532 g/mol. The van der Waals surface area contributed by atoms with E-state index in [1.807, 2.05) is 36.4 Å². The van der Waals surface area contributed by atoms with Crippen LogP contribution >= 0.6 is 20.2 Å². The summed E-state index contributed by atoms with van der Waals surface area (Å²) in [5.74, 6) is 0. The summed E-state index contributed by atoms with van der Waals surface area (Å²) in [6, 6.07) is 19.7. The Balaban J connectivity index is 2.29. The fraction of sp³-hybridized carbons (Fsp3) is 0.200. The molecular formula is C20H20F3IO3SSi. The Morgan fingerprint density at radius 2 is 1.38 bits per heavy atom. The molecule has 29 heavy (non-hydrogen) atoms. The van der Waals surface area contributed by atoms with Gasteiger partial charge >= 0.3 is 178 Å². The Bertz CT molecular complexity index is 1130. The van der Waals surface area contributed by atoms with Gasteiger partial charge in [-0.25, -0.2) is 0 Å². The van der Waals surface area contributed by atoms with Gasteiger partial charge in [-0.3, -0.25) is 0 Å². The van der Waals surface area contributed by atoms with Crippen molar-refractivity contribution in [1.29, 1.82) is 0 Å². The molecule has 0 unspecified atom stereocenters. The van der Waals surface area contributed by atoms with E-state index >= 15 is 0 Å². The molecule has 156 valence electrons. The van der Waals surface area contributed by atoms with Crippen LogP contribution in [0.1, 0.15) is 0 Å². The van der Waals surface area contributed by atoms with Crippen molar-refractivity contribution in [3.05, 3.63) is 73.9 Å². The van der Waals surface area contributed by atoms with Crippen molar-refractivity contribution >= 4 is 54.4 Å². The van der Waals surface area contributed by atoms with Gasteiger partial charge in [-0.1, -0.05) is 0 Å². The molecule has 3 aromatic carbocycles. The molecule has 0 heterocycles. The second kappa shape index (κ2) is 8.01. The zero-order chi connectivity index (χ0) is 21.4. The first kappa shape index (κ1) is 22.3. The van der Waals surface area contributed by atoms with Crippen LogP contribution in [0, 0.1) is 7.14 Å². The second-order valence-electron chi connectivity index (χ2n) is 7.44. The zero-order valence-electron chi connectivity index (χ0n) is 16.0. The molecule has 0 saturated carbocycles. The summed E-state index contributed by atoms with van der Waals surface area (Å²) in [6.45, 7) is 6.24. The molecule has 0 radical (unpaired) electrons. The average molecular weight is 552 g/mol. The standard InChI is InChI=1S/C20H20F3IO3SSi/c1-29(2,3)19-14-16-10-8-7-9-15(16)13-18(19)24(17-11-5-4-6-12-17)27-28(25,26)20(21,22)23/h4-14H,1-3H3. The van der Waals surface area contributed by atoms with Gasteiger partial charge in [0.2, 0.25) is 0 Å². The molecule has 3 nitrogen and oxygen atoms in total. The minimum absolute atomic E-state index is 0.499. The van der Waals surface area contributed by atoms with E-state index in [1.165, 1.54) is 0 Å². The summed E-state index contributed by atoms with van der Waals surface area (Å²) in [7, 11) is -7.75.